The van der Waals surface area contributed by atoms with Gasteiger partial charge in [-0.1, -0.05) is 271 Å². The van der Waals surface area contributed by atoms with Crippen LogP contribution in [0.3, 0.4) is 0 Å². The molecule has 0 bridgehead atoms. The van der Waals surface area contributed by atoms with Crippen molar-refractivity contribution in [3.8, 4) is 0 Å². The van der Waals surface area contributed by atoms with E-state index in [-0.39, 0.29) is 12.5 Å². The fourth-order valence-corrected chi connectivity index (χ4v) is 8.07. The molecule has 2 atom stereocenters. The molecule has 53 heavy (non-hydrogen) atoms. The number of amides is 1. The molecule has 0 aromatic rings. The molecule has 0 spiro atoms. The fourth-order valence-electron chi connectivity index (χ4n) is 8.07. The first kappa shape index (κ1) is 52.4. The van der Waals surface area contributed by atoms with Crippen molar-refractivity contribution in [2.24, 2.45) is 0 Å². The first-order valence-electron chi connectivity index (χ1n) is 24.7. The normalized spacial score (nSPS) is 12.8. The Kier molecular flexibility index (Phi) is 45.3. The van der Waals surface area contributed by atoms with Gasteiger partial charge in [-0.05, 0) is 12.8 Å². The van der Waals surface area contributed by atoms with Crippen molar-refractivity contribution < 1.29 is 15.0 Å². The molecule has 318 valence electrons. The van der Waals surface area contributed by atoms with Crippen LogP contribution in [0.5, 0.6) is 0 Å². The molecule has 2 unspecified atom stereocenters. The van der Waals surface area contributed by atoms with Gasteiger partial charge in [0.2, 0.25) is 5.91 Å². The zero-order valence-corrected chi connectivity index (χ0v) is 36.6. The van der Waals surface area contributed by atoms with Crippen molar-refractivity contribution in [1.29, 1.82) is 0 Å². The third-order valence-electron chi connectivity index (χ3n) is 11.9. The van der Waals surface area contributed by atoms with Crippen molar-refractivity contribution in [2.75, 3.05) is 6.61 Å². The number of aliphatic hydroxyl groups is 2. The summed E-state index contributed by atoms with van der Waals surface area (Å²) in [5, 5.41) is 23.2. The maximum absolute atomic E-state index is 12.4. The molecule has 4 heteroatoms. The van der Waals surface area contributed by atoms with Crippen LogP contribution in [-0.4, -0.2) is 34.9 Å². The van der Waals surface area contributed by atoms with Crippen LogP contribution < -0.4 is 5.32 Å². The summed E-state index contributed by atoms with van der Waals surface area (Å²) in [4.78, 5) is 12.4. The lowest BCUT2D eigenvalue weighted by atomic mass is 10.0. The molecule has 0 aliphatic carbocycles. The lowest BCUT2D eigenvalue weighted by molar-refractivity contribution is -0.123. The molecule has 0 aromatic carbocycles. The monoisotopic (exact) mass is 750 g/mol. The Morgan fingerprint density at radius 1 is 0.377 bits per heavy atom. The largest absolute Gasteiger partial charge is 0.394 e. The lowest BCUT2D eigenvalue weighted by Crippen LogP contribution is -2.45. The molecule has 0 saturated heterocycles. The number of carbonyl (C=O) groups excluding carboxylic acids is 1. The molecular weight excluding hydrogens is 651 g/mol. The Bertz CT molecular complexity index is 685. The summed E-state index contributed by atoms with van der Waals surface area (Å²) in [6.45, 7) is 4.39. The van der Waals surface area contributed by atoms with Crippen LogP contribution in [-0.2, 0) is 4.79 Å². The van der Waals surface area contributed by atoms with E-state index < -0.39 is 12.1 Å². The average Bonchev–Trinajstić information content (AvgIpc) is 3.16. The van der Waals surface area contributed by atoms with Gasteiger partial charge in [0, 0.05) is 6.42 Å². The molecular formula is C49H99NO3. The summed E-state index contributed by atoms with van der Waals surface area (Å²) in [7, 11) is 0. The van der Waals surface area contributed by atoms with Crippen molar-refractivity contribution in [3.05, 3.63) is 0 Å². The SMILES string of the molecule is CCCCCCCCCCCCCCCCCCCCCCCCCCCCC(O)C(CO)NC(=O)CCCCCCCCCCCCCCCCC. The first-order valence-corrected chi connectivity index (χ1v) is 24.7. The molecule has 0 fully saturated rings. The van der Waals surface area contributed by atoms with Gasteiger partial charge in [0.15, 0.2) is 0 Å². The van der Waals surface area contributed by atoms with Crippen molar-refractivity contribution in [1.82, 2.24) is 5.32 Å². The minimum absolute atomic E-state index is 0.0252. The number of unbranched alkanes of at least 4 members (excludes halogenated alkanes) is 39. The van der Waals surface area contributed by atoms with Gasteiger partial charge in [-0.25, -0.2) is 0 Å². The third-order valence-corrected chi connectivity index (χ3v) is 11.9. The topological polar surface area (TPSA) is 69.6 Å². The van der Waals surface area contributed by atoms with Gasteiger partial charge in [0.1, 0.15) is 0 Å². The number of hydrogen-bond donors (Lipinski definition) is 3. The first-order chi connectivity index (χ1) is 26.2. The summed E-state index contributed by atoms with van der Waals surface area (Å²) < 4.78 is 0. The number of hydrogen-bond acceptors (Lipinski definition) is 3. The summed E-state index contributed by atoms with van der Waals surface area (Å²) >= 11 is 0. The second kappa shape index (κ2) is 45.8. The lowest BCUT2D eigenvalue weighted by Gasteiger charge is -2.22. The van der Waals surface area contributed by atoms with Gasteiger partial charge < -0.3 is 15.5 Å². The Hall–Kier alpha value is -0.610. The molecule has 0 aliphatic heterocycles. The highest BCUT2D eigenvalue weighted by molar-refractivity contribution is 5.76. The molecule has 3 N–H and O–H groups in total. The van der Waals surface area contributed by atoms with Crippen molar-refractivity contribution >= 4 is 5.91 Å². The Morgan fingerprint density at radius 2 is 0.604 bits per heavy atom. The van der Waals surface area contributed by atoms with E-state index in [4.69, 9.17) is 0 Å². The standard InChI is InChI=1S/C49H99NO3/c1-3-5-7-9-11-13-15-17-19-20-21-22-23-24-25-26-27-28-29-31-32-34-36-38-40-42-44-48(52)47(46-51)50-49(53)45-43-41-39-37-35-33-30-18-16-14-12-10-8-6-4-2/h47-48,51-52H,3-46H2,1-2H3,(H,50,53). The molecule has 4 nitrogen and oxygen atoms in total. The number of aliphatic hydroxyl groups excluding tert-OH is 2. The highest BCUT2D eigenvalue weighted by Gasteiger charge is 2.20. The van der Waals surface area contributed by atoms with Crippen LogP contribution >= 0.6 is 0 Å². The Labute approximate surface area is 334 Å². The van der Waals surface area contributed by atoms with E-state index >= 15 is 0 Å². The van der Waals surface area contributed by atoms with Gasteiger partial charge in [-0.15, -0.1) is 0 Å². The van der Waals surface area contributed by atoms with Crippen LogP contribution in [0.4, 0.5) is 0 Å². The molecule has 0 heterocycles. The van der Waals surface area contributed by atoms with E-state index in [2.05, 4.69) is 19.2 Å². The second-order valence-electron chi connectivity index (χ2n) is 17.3. The van der Waals surface area contributed by atoms with E-state index in [1.54, 1.807) is 0 Å². The smallest absolute Gasteiger partial charge is 0.220 e. The van der Waals surface area contributed by atoms with Crippen LogP contribution in [0.2, 0.25) is 0 Å². The van der Waals surface area contributed by atoms with Gasteiger partial charge in [-0.3, -0.25) is 4.79 Å². The molecule has 0 rings (SSSR count). The van der Waals surface area contributed by atoms with Gasteiger partial charge in [0.25, 0.3) is 0 Å². The minimum atomic E-state index is -0.653. The average molecular weight is 750 g/mol. The van der Waals surface area contributed by atoms with Crippen molar-refractivity contribution in [3.63, 3.8) is 0 Å². The van der Waals surface area contributed by atoms with E-state index in [9.17, 15) is 15.0 Å². The highest BCUT2D eigenvalue weighted by atomic mass is 16.3. The van der Waals surface area contributed by atoms with Crippen LogP contribution in [0.25, 0.3) is 0 Å². The Balaban J connectivity index is 3.41. The second-order valence-corrected chi connectivity index (χ2v) is 17.3. The van der Waals surface area contributed by atoms with Gasteiger partial charge in [-0.2, -0.15) is 0 Å². The van der Waals surface area contributed by atoms with Crippen molar-refractivity contribution in [2.45, 2.75) is 302 Å². The summed E-state index contributed by atoms with van der Waals surface area (Å²) in [5.74, 6) is -0.0252. The number of carbonyl (C=O) groups is 1. The maximum atomic E-state index is 12.4. The van der Waals surface area contributed by atoms with Crippen LogP contribution in [0.15, 0.2) is 0 Å². The summed E-state index contributed by atoms with van der Waals surface area (Å²) in [6.07, 6.45) is 56.3. The van der Waals surface area contributed by atoms with Gasteiger partial charge >= 0.3 is 0 Å². The van der Waals surface area contributed by atoms with Crippen LogP contribution in [0, 0.1) is 0 Å². The van der Waals surface area contributed by atoms with E-state index in [1.807, 2.05) is 0 Å². The number of rotatable bonds is 46. The van der Waals surface area contributed by atoms with E-state index in [0.29, 0.717) is 12.8 Å². The zero-order chi connectivity index (χ0) is 38.6. The predicted octanol–water partition coefficient (Wildman–Crippen LogP) is 15.6. The van der Waals surface area contributed by atoms with E-state index in [1.165, 1.54) is 238 Å². The predicted molar refractivity (Wildman–Crippen MR) is 235 cm³/mol. The molecule has 0 aliphatic rings. The van der Waals surface area contributed by atoms with Crippen LogP contribution in [0.1, 0.15) is 290 Å². The third kappa shape index (κ3) is 42.4. The molecule has 0 radical (unpaired) electrons. The van der Waals surface area contributed by atoms with Gasteiger partial charge in [0.05, 0.1) is 18.8 Å². The summed E-state index contributed by atoms with van der Waals surface area (Å²) in [6, 6.07) is -0.530. The maximum Gasteiger partial charge on any atom is 0.220 e. The van der Waals surface area contributed by atoms with E-state index in [0.717, 1.165) is 25.7 Å². The molecule has 0 aromatic heterocycles. The Morgan fingerprint density at radius 3 is 0.849 bits per heavy atom. The molecule has 0 saturated carbocycles. The zero-order valence-electron chi connectivity index (χ0n) is 36.6. The minimum Gasteiger partial charge on any atom is -0.394 e. The highest BCUT2D eigenvalue weighted by Crippen LogP contribution is 2.18. The quantitative estimate of drug-likeness (QED) is 0.0543. The molecule has 1 amide bonds. The number of nitrogens with one attached hydrogen (secondary N) is 1. The summed E-state index contributed by atoms with van der Waals surface area (Å²) in [5.41, 5.74) is 0. The fraction of sp³-hybridized carbons (Fsp3) is 0.980.